The number of rotatable bonds is 8. The molecule has 2 rings (SSSR count). The highest BCUT2D eigenvalue weighted by atomic mass is 16.4. The van der Waals surface area contributed by atoms with Crippen LogP contribution in [0.25, 0.3) is 0 Å². The van der Waals surface area contributed by atoms with Crippen molar-refractivity contribution in [2.75, 3.05) is 0 Å². The van der Waals surface area contributed by atoms with Crippen molar-refractivity contribution in [3.05, 3.63) is 65.7 Å². The van der Waals surface area contributed by atoms with Gasteiger partial charge in [0.25, 0.3) is 0 Å². The van der Waals surface area contributed by atoms with Crippen LogP contribution in [0.4, 0.5) is 0 Å². The topological polar surface area (TPSA) is 116 Å². The lowest BCUT2D eigenvalue weighted by molar-refractivity contribution is -0.142. The Morgan fingerprint density at radius 2 is 1.70 bits per heavy atom. The summed E-state index contributed by atoms with van der Waals surface area (Å²) in [5.74, 6) is -2.10. The minimum Gasteiger partial charge on any atom is -0.508 e. The second kappa shape index (κ2) is 9.38. The molecule has 4 N–H and O–H groups in total. The molecule has 2 atom stereocenters. The molecule has 1 radical (unpaired) electrons. The molecule has 2 aromatic rings. The zero-order chi connectivity index (χ0) is 19.8. The Balaban J connectivity index is 2.10. The van der Waals surface area contributed by atoms with Gasteiger partial charge in [0.05, 0.1) is 0 Å². The van der Waals surface area contributed by atoms with Gasteiger partial charge >= 0.3 is 5.97 Å². The van der Waals surface area contributed by atoms with E-state index in [-0.39, 0.29) is 18.6 Å². The number of benzene rings is 2. The van der Waals surface area contributed by atoms with E-state index in [9.17, 15) is 24.6 Å². The van der Waals surface area contributed by atoms with Crippen LogP contribution in [0.2, 0.25) is 0 Å². The molecule has 1 unspecified atom stereocenters. The Kier molecular flexibility index (Phi) is 6.93. The van der Waals surface area contributed by atoms with Gasteiger partial charge in [0.15, 0.2) is 0 Å². The second-order valence-electron chi connectivity index (χ2n) is 6.12. The molecule has 0 heterocycles. The smallest absolute Gasteiger partial charge is 0.326 e. The number of phenolic OH excluding ortho intramolecular Hbond substituents is 1. The first kappa shape index (κ1) is 20.0. The van der Waals surface area contributed by atoms with Crippen molar-refractivity contribution in [2.24, 2.45) is 0 Å². The molecular formula is C20H21N2O5. The molecule has 7 heteroatoms. The van der Waals surface area contributed by atoms with Gasteiger partial charge in [-0.05, 0) is 29.3 Å². The molecule has 0 saturated carbocycles. The lowest BCUT2D eigenvalue weighted by Crippen LogP contribution is -2.52. The Labute approximate surface area is 157 Å². The zero-order valence-electron chi connectivity index (χ0n) is 14.8. The van der Waals surface area contributed by atoms with Crippen molar-refractivity contribution < 1.29 is 24.6 Å². The third-order valence-electron chi connectivity index (χ3n) is 3.88. The minimum atomic E-state index is -1.19. The second-order valence-corrected chi connectivity index (χ2v) is 6.12. The number of aliphatic carboxylic acids is 1. The van der Waals surface area contributed by atoms with Crippen molar-refractivity contribution in [1.82, 2.24) is 10.6 Å². The summed E-state index contributed by atoms with van der Waals surface area (Å²) in [6.07, 6.45) is 0.239. The van der Waals surface area contributed by atoms with Crippen LogP contribution >= 0.6 is 0 Å². The maximum atomic E-state index is 12.6. The van der Waals surface area contributed by atoms with E-state index in [0.717, 1.165) is 5.56 Å². The third kappa shape index (κ3) is 6.47. The van der Waals surface area contributed by atoms with Crippen LogP contribution in [-0.4, -0.2) is 40.1 Å². The van der Waals surface area contributed by atoms with Crippen LogP contribution in [0.15, 0.2) is 48.5 Å². The maximum absolute atomic E-state index is 12.6. The SMILES string of the molecule is CC(=O)NC(Cc1[c]cccc1)C(=O)N[C@@H](Cc1ccc(O)cc1)C(=O)O. The van der Waals surface area contributed by atoms with Gasteiger partial charge in [-0.15, -0.1) is 0 Å². The Morgan fingerprint density at radius 1 is 1.00 bits per heavy atom. The number of phenols is 1. The molecule has 0 spiro atoms. The number of nitrogens with one attached hydrogen (secondary N) is 2. The number of carbonyl (C=O) groups is 3. The Morgan fingerprint density at radius 3 is 2.26 bits per heavy atom. The van der Waals surface area contributed by atoms with Crippen LogP contribution in [-0.2, 0) is 27.2 Å². The summed E-state index contributed by atoms with van der Waals surface area (Å²) in [4.78, 5) is 35.6. The van der Waals surface area contributed by atoms with Gasteiger partial charge in [-0.25, -0.2) is 4.79 Å². The fourth-order valence-corrected chi connectivity index (χ4v) is 2.57. The zero-order valence-corrected chi connectivity index (χ0v) is 14.8. The summed E-state index contributed by atoms with van der Waals surface area (Å²) >= 11 is 0. The number of aromatic hydroxyl groups is 1. The highest BCUT2D eigenvalue weighted by Crippen LogP contribution is 2.12. The normalized spacial score (nSPS) is 12.6. The molecule has 2 amide bonds. The van der Waals surface area contributed by atoms with Crippen LogP contribution in [0, 0.1) is 6.07 Å². The summed E-state index contributed by atoms with van der Waals surface area (Å²) in [7, 11) is 0. The van der Waals surface area contributed by atoms with E-state index in [1.54, 1.807) is 36.4 Å². The fraction of sp³-hybridized carbons (Fsp3) is 0.250. The number of hydrogen-bond donors (Lipinski definition) is 4. The standard InChI is InChI=1S/C20H21N2O5/c1-13(23)21-17(11-14-5-3-2-4-6-14)19(25)22-18(20(26)27)12-15-7-9-16(24)10-8-15/h2-5,7-10,17-18,24H,11-12H2,1H3,(H,21,23)(H,22,25)(H,26,27)/t17?,18-/m0/s1. The Bertz CT molecular complexity index is 790. The lowest BCUT2D eigenvalue weighted by atomic mass is 10.0. The molecular weight excluding hydrogens is 348 g/mol. The number of hydrogen-bond acceptors (Lipinski definition) is 4. The van der Waals surface area contributed by atoms with Crippen molar-refractivity contribution >= 4 is 17.8 Å². The number of carbonyl (C=O) groups excluding carboxylic acids is 2. The average Bonchev–Trinajstić information content (AvgIpc) is 2.62. The predicted octanol–water partition coefficient (Wildman–Crippen LogP) is 1.05. The first-order valence-corrected chi connectivity index (χ1v) is 8.39. The molecule has 0 aliphatic heterocycles. The molecule has 0 aromatic heterocycles. The van der Waals surface area contributed by atoms with Crippen LogP contribution in [0.1, 0.15) is 18.1 Å². The first-order valence-electron chi connectivity index (χ1n) is 8.39. The van der Waals surface area contributed by atoms with Gasteiger partial charge in [0.2, 0.25) is 11.8 Å². The van der Waals surface area contributed by atoms with Crippen molar-refractivity contribution in [3.8, 4) is 5.75 Å². The van der Waals surface area contributed by atoms with E-state index in [1.807, 2.05) is 0 Å². The summed E-state index contributed by atoms with van der Waals surface area (Å²) in [5, 5.41) is 23.8. The first-order chi connectivity index (χ1) is 12.8. The number of amides is 2. The van der Waals surface area contributed by atoms with E-state index in [0.29, 0.717) is 5.56 Å². The van der Waals surface area contributed by atoms with Crippen LogP contribution in [0.3, 0.4) is 0 Å². The van der Waals surface area contributed by atoms with Crippen molar-refractivity contribution in [3.63, 3.8) is 0 Å². The molecule has 141 valence electrons. The highest BCUT2D eigenvalue weighted by Gasteiger charge is 2.26. The van der Waals surface area contributed by atoms with Gasteiger partial charge < -0.3 is 20.8 Å². The third-order valence-corrected chi connectivity index (χ3v) is 3.88. The molecule has 0 aliphatic carbocycles. The lowest BCUT2D eigenvalue weighted by Gasteiger charge is -2.21. The van der Waals surface area contributed by atoms with Crippen LogP contribution in [0.5, 0.6) is 5.75 Å². The number of carboxylic acid groups (broad SMARTS) is 1. The van der Waals surface area contributed by atoms with Crippen molar-refractivity contribution in [1.29, 1.82) is 0 Å². The molecule has 0 aliphatic rings. The highest BCUT2D eigenvalue weighted by molar-refractivity contribution is 5.90. The quantitative estimate of drug-likeness (QED) is 0.555. The van der Waals surface area contributed by atoms with E-state index >= 15 is 0 Å². The average molecular weight is 369 g/mol. The fourth-order valence-electron chi connectivity index (χ4n) is 2.57. The van der Waals surface area contributed by atoms with E-state index in [4.69, 9.17) is 0 Å². The summed E-state index contributed by atoms with van der Waals surface area (Å²) < 4.78 is 0. The van der Waals surface area contributed by atoms with E-state index in [1.165, 1.54) is 19.1 Å². The Hall–Kier alpha value is -3.35. The van der Waals surface area contributed by atoms with Gasteiger partial charge in [-0.3, -0.25) is 9.59 Å². The number of carboxylic acids is 1. The molecule has 0 fully saturated rings. The van der Waals surface area contributed by atoms with E-state index < -0.39 is 29.9 Å². The predicted molar refractivity (Wildman–Crippen MR) is 98.0 cm³/mol. The van der Waals surface area contributed by atoms with Gasteiger partial charge in [-0.1, -0.05) is 36.4 Å². The van der Waals surface area contributed by atoms with Gasteiger partial charge in [-0.2, -0.15) is 0 Å². The largest absolute Gasteiger partial charge is 0.508 e. The summed E-state index contributed by atoms with van der Waals surface area (Å²) in [6.45, 7) is 1.29. The maximum Gasteiger partial charge on any atom is 0.326 e. The molecule has 2 aromatic carbocycles. The summed E-state index contributed by atoms with van der Waals surface area (Å²) in [6, 6.07) is 14.0. The monoisotopic (exact) mass is 369 g/mol. The minimum absolute atomic E-state index is 0.0472. The molecule has 0 bridgehead atoms. The molecule has 7 nitrogen and oxygen atoms in total. The van der Waals surface area contributed by atoms with Crippen molar-refractivity contribution in [2.45, 2.75) is 31.8 Å². The molecule has 27 heavy (non-hydrogen) atoms. The summed E-state index contributed by atoms with van der Waals surface area (Å²) in [5.41, 5.74) is 1.37. The van der Waals surface area contributed by atoms with Gasteiger partial charge in [0, 0.05) is 19.8 Å². The van der Waals surface area contributed by atoms with E-state index in [2.05, 4.69) is 16.7 Å². The van der Waals surface area contributed by atoms with Crippen LogP contribution < -0.4 is 10.6 Å². The molecule has 0 saturated heterocycles. The van der Waals surface area contributed by atoms with Gasteiger partial charge in [0.1, 0.15) is 17.8 Å².